The summed E-state index contributed by atoms with van der Waals surface area (Å²) in [5.41, 5.74) is 1.74. The Morgan fingerprint density at radius 2 is 1.96 bits per heavy atom. The lowest BCUT2D eigenvalue weighted by Crippen LogP contribution is -2.26. The molecule has 1 amide bonds. The molecule has 3 N–H and O–H groups in total. The highest BCUT2D eigenvalue weighted by atomic mass is 79.9. The molecule has 7 nitrogen and oxygen atoms in total. The van der Waals surface area contributed by atoms with E-state index in [2.05, 4.69) is 35.9 Å². The van der Waals surface area contributed by atoms with E-state index in [0.717, 1.165) is 23.9 Å². The Hall–Kier alpha value is -2.23. The molecule has 0 radical (unpaired) electrons. The van der Waals surface area contributed by atoms with Crippen LogP contribution in [0.15, 0.2) is 51.8 Å². The smallest absolute Gasteiger partial charge is 0.259 e. The van der Waals surface area contributed by atoms with Gasteiger partial charge in [-0.2, -0.15) is 0 Å². The lowest BCUT2D eigenvalue weighted by atomic mass is 10.2. The first-order chi connectivity index (χ1) is 12.4. The van der Waals surface area contributed by atoms with Gasteiger partial charge in [0.2, 0.25) is 16.0 Å². The van der Waals surface area contributed by atoms with E-state index >= 15 is 0 Å². The van der Waals surface area contributed by atoms with Gasteiger partial charge in [0.25, 0.3) is 5.91 Å². The van der Waals surface area contributed by atoms with E-state index in [1.807, 2.05) is 24.3 Å². The largest absolute Gasteiger partial charge is 0.324 e. The summed E-state index contributed by atoms with van der Waals surface area (Å²) in [5.74, 6) is -0.160. The van der Waals surface area contributed by atoms with Crippen molar-refractivity contribution in [3.05, 3.63) is 52.5 Å². The number of benzene rings is 2. The van der Waals surface area contributed by atoms with Crippen LogP contribution in [-0.4, -0.2) is 30.3 Å². The molecule has 1 aliphatic rings. The first-order valence-corrected chi connectivity index (χ1v) is 10.3. The Labute approximate surface area is 158 Å². The van der Waals surface area contributed by atoms with Gasteiger partial charge in [0.15, 0.2) is 0 Å². The maximum atomic E-state index is 12.6. The Bertz CT molecular complexity index is 1070. The highest BCUT2D eigenvalue weighted by Crippen LogP contribution is 2.25. The van der Waals surface area contributed by atoms with Gasteiger partial charge in [-0.1, -0.05) is 12.1 Å². The highest BCUT2D eigenvalue weighted by Gasteiger charge is 2.28. The quantitative estimate of drug-likeness (QED) is 0.573. The standard InChI is InChI=1S/C17H15BrN4O3S/c18-13-8-7-11(26(24,25)22-10-5-6-10)9-12(13)16(23)21-17-19-14-3-1-2-4-15(14)20-17/h1-4,7-10,22H,5-6H2,(H2,19,20,21,23). The number of hydrogen-bond donors (Lipinski definition) is 3. The van der Waals surface area contributed by atoms with Crippen LogP contribution in [0.3, 0.4) is 0 Å². The van der Waals surface area contributed by atoms with Crippen LogP contribution in [-0.2, 0) is 10.0 Å². The number of halogens is 1. The first-order valence-electron chi connectivity index (χ1n) is 8.00. The maximum absolute atomic E-state index is 12.6. The first kappa shape index (κ1) is 17.2. The zero-order valence-electron chi connectivity index (χ0n) is 13.5. The van der Waals surface area contributed by atoms with Crippen LogP contribution in [0.25, 0.3) is 11.0 Å². The molecule has 0 unspecified atom stereocenters. The number of imidazole rings is 1. The fraction of sp³-hybridized carbons (Fsp3) is 0.176. The van der Waals surface area contributed by atoms with E-state index in [1.54, 1.807) is 6.07 Å². The van der Waals surface area contributed by atoms with Crippen LogP contribution in [0.5, 0.6) is 0 Å². The minimum Gasteiger partial charge on any atom is -0.324 e. The lowest BCUT2D eigenvalue weighted by molar-refractivity contribution is 0.102. The van der Waals surface area contributed by atoms with E-state index in [-0.39, 0.29) is 16.5 Å². The van der Waals surface area contributed by atoms with Crippen LogP contribution in [0.4, 0.5) is 5.95 Å². The zero-order chi connectivity index (χ0) is 18.3. The number of hydrogen-bond acceptors (Lipinski definition) is 4. The minimum absolute atomic E-state index is 0.00327. The monoisotopic (exact) mass is 434 g/mol. The Kier molecular flexibility index (Phi) is 4.29. The third-order valence-electron chi connectivity index (χ3n) is 4.01. The van der Waals surface area contributed by atoms with Gasteiger partial charge in [-0.3, -0.25) is 10.1 Å². The molecule has 0 aliphatic heterocycles. The second-order valence-corrected chi connectivity index (χ2v) is 8.66. The van der Waals surface area contributed by atoms with Crippen molar-refractivity contribution >= 4 is 48.8 Å². The number of fused-ring (bicyclic) bond motifs is 1. The fourth-order valence-electron chi connectivity index (χ4n) is 2.52. The van der Waals surface area contributed by atoms with Crippen LogP contribution in [0.1, 0.15) is 23.2 Å². The summed E-state index contributed by atoms with van der Waals surface area (Å²) in [7, 11) is -3.64. The number of para-hydroxylation sites is 2. The summed E-state index contributed by atoms with van der Waals surface area (Å²) in [5, 5.41) is 2.67. The summed E-state index contributed by atoms with van der Waals surface area (Å²) in [6.45, 7) is 0. The van der Waals surface area contributed by atoms with Crippen molar-refractivity contribution in [2.75, 3.05) is 5.32 Å². The molecule has 1 fully saturated rings. The molecule has 2 aromatic carbocycles. The molecular formula is C17H15BrN4O3S. The molecule has 26 heavy (non-hydrogen) atoms. The number of amides is 1. The molecular weight excluding hydrogens is 420 g/mol. The number of nitrogens with zero attached hydrogens (tertiary/aromatic N) is 1. The van der Waals surface area contributed by atoms with Crippen molar-refractivity contribution < 1.29 is 13.2 Å². The average Bonchev–Trinajstić information content (AvgIpc) is 3.30. The van der Waals surface area contributed by atoms with Crippen molar-refractivity contribution in [1.29, 1.82) is 0 Å². The van der Waals surface area contributed by atoms with Gasteiger partial charge in [-0.25, -0.2) is 18.1 Å². The number of anilines is 1. The fourth-order valence-corrected chi connectivity index (χ4v) is 4.28. The van der Waals surface area contributed by atoms with E-state index in [1.165, 1.54) is 12.1 Å². The molecule has 9 heteroatoms. The molecule has 3 aromatic rings. The van der Waals surface area contributed by atoms with Gasteiger partial charge in [-0.05, 0) is 59.1 Å². The number of carbonyl (C=O) groups excluding carboxylic acids is 1. The molecule has 0 atom stereocenters. The predicted molar refractivity (Wildman–Crippen MR) is 102 cm³/mol. The Morgan fingerprint density at radius 1 is 1.19 bits per heavy atom. The van der Waals surface area contributed by atoms with Crippen molar-refractivity contribution in [3.63, 3.8) is 0 Å². The van der Waals surface area contributed by atoms with Gasteiger partial charge in [-0.15, -0.1) is 0 Å². The number of aromatic nitrogens is 2. The number of carbonyl (C=O) groups is 1. The third kappa shape index (κ3) is 3.50. The number of sulfonamides is 1. The summed E-state index contributed by atoms with van der Waals surface area (Å²) < 4.78 is 27.8. The Balaban J connectivity index is 1.61. The maximum Gasteiger partial charge on any atom is 0.259 e. The topological polar surface area (TPSA) is 104 Å². The summed E-state index contributed by atoms with van der Waals surface area (Å²) in [6, 6.07) is 11.8. The summed E-state index contributed by atoms with van der Waals surface area (Å²) in [4.78, 5) is 20.0. The third-order valence-corrected chi connectivity index (χ3v) is 6.22. The molecule has 0 bridgehead atoms. The van der Waals surface area contributed by atoms with Crippen LogP contribution < -0.4 is 10.0 Å². The van der Waals surface area contributed by atoms with Crippen molar-refractivity contribution in [2.24, 2.45) is 0 Å². The van der Waals surface area contributed by atoms with Crippen molar-refractivity contribution in [3.8, 4) is 0 Å². The molecule has 1 aromatic heterocycles. The SMILES string of the molecule is O=C(Nc1nc2ccccc2[nH]1)c1cc(S(=O)(=O)NC2CC2)ccc1Br. The number of H-pyrrole nitrogens is 1. The Morgan fingerprint density at radius 3 is 2.69 bits per heavy atom. The highest BCUT2D eigenvalue weighted by molar-refractivity contribution is 9.10. The van der Waals surface area contributed by atoms with Crippen LogP contribution >= 0.6 is 15.9 Å². The zero-order valence-corrected chi connectivity index (χ0v) is 15.9. The molecule has 4 rings (SSSR count). The van der Waals surface area contributed by atoms with Crippen molar-refractivity contribution in [1.82, 2.24) is 14.7 Å². The van der Waals surface area contributed by atoms with Crippen LogP contribution in [0, 0.1) is 0 Å². The van der Waals surface area contributed by atoms with Gasteiger partial charge in [0, 0.05) is 10.5 Å². The minimum atomic E-state index is -3.64. The van der Waals surface area contributed by atoms with E-state index < -0.39 is 15.9 Å². The molecule has 1 saturated carbocycles. The molecule has 0 saturated heterocycles. The molecule has 134 valence electrons. The molecule has 1 aliphatic carbocycles. The van der Waals surface area contributed by atoms with Gasteiger partial charge in [0.05, 0.1) is 21.5 Å². The lowest BCUT2D eigenvalue weighted by Gasteiger charge is -2.09. The van der Waals surface area contributed by atoms with Crippen LogP contribution in [0.2, 0.25) is 0 Å². The summed E-state index contributed by atoms with van der Waals surface area (Å²) >= 11 is 3.30. The van der Waals surface area contributed by atoms with Gasteiger partial charge in [0.1, 0.15) is 0 Å². The molecule has 0 spiro atoms. The van der Waals surface area contributed by atoms with Gasteiger partial charge >= 0.3 is 0 Å². The predicted octanol–water partition coefficient (Wildman–Crippen LogP) is 3.02. The second kappa shape index (κ2) is 6.49. The van der Waals surface area contributed by atoms with E-state index in [9.17, 15) is 13.2 Å². The van der Waals surface area contributed by atoms with Crippen molar-refractivity contribution in [2.45, 2.75) is 23.8 Å². The normalized spacial score (nSPS) is 14.5. The molecule has 1 heterocycles. The second-order valence-electron chi connectivity index (χ2n) is 6.09. The number of rotatable bonds is 5. The number of nitrogens with one attached hydrogen (secondary N) is 3. The van der Waals surface area contributed by atoms with E-state index in [4.69, 9.17) is 0 Å². The number of aromatic amines is 1. The average molecular weight is 435 g/mol. The summed E-state index contributed by atoms with van der Waals surface area (Å²) in [6.07, 6.45) is 1.68. The van der Waals surface area contributed by atoms with E-state index in [0.29, 0.717) is 10.4 Å². The van der Waals surface area contributed by atoms with Gasteiger partial charge < -0.3 is 4.98 Å².